The Balaban J connectivity index is 1.32. The fourth-order valence-corrected chi connectivity index (χ4v) is 5.59. The molecule has 0 aliphatic carbocycles. The minimum absolute atomic E-state index is 0.235. The van der Waals surface area contributed by atoms with Crippen LogP contribution in [0.1, 0.15) is 18.4 Å². The van der Waals surface area contributed by atoms with Gasteiger partial charge in [0.25, 0.3) is 0 Å². The molecule has 2 atom stereocenters. The van der Waals surface area contributed by atoms with Gasteiger partial charge in [-0.25, -0.2) is 4.39 Å². The summed E-state index contributed by atoms with van der Waals surface area (Å²) in [7, 11) is 0. The van der Waals surface area contributed by atoms with Crippen LogP contribution in [0.3, 0.4) is 0 Å². The van der Waals surface area contributed by atoms with E-state index in [1.807, 2.05) is 4.68 Å². The van der Waals surface area contributed by atoms with Crippen molar-refractivity contribution in [2.75, 3.05) is 18.0 Å². The van der Waals surface area contributed by atoms with Gasteiger partial charge in [-0.15, -0.1) is 5.10 Å². The number of aromatic nitrogens is 5. The lowest BCUT2D eigenvalue weighted by molar-refractivity contribution is 0.601. The van der Waals surface area contributed by atoms with Gasteiger partial charge in [-0.1, -0.05) is 12.1 Å². The van der Waals surface area contributed by atoms with Crippen molar-refractivity contribution in [2.24, 2.45) is 0 Å². The van der Waals surface area contributed by atoms with E-state index in [0.29, 0.717) is 24.5 Å². The predicted octanol–water partition coefficient (Wildman–Crippen LogP) is 3.24. The molecular formula is C24H22FN7. The minimum atomic E-state index is -0.235. The van der Waals surface area contributed by atoms with Crippen LogP contribution in [0.5, 0.6) is 0 Å². The van der Waals surface area contributed by atoms with Gasteiger partial charge >= 0.3 is 0 Å². The van der Waals surface area contributed by atoms with Crippen molar-refractivity contribution < 1.29 is 4.39 Å². The number of tetrazole rings is 1. The predicted molar refractivity (Wildman–Crippen MR) is 119 cm³/mol. The zero-order valence-corrected chi connectivity index (χ0v) is 17.4. The van der Waals surface area contributed by atoms with Gasteiger partial charge in [0.05, 0.1) is 11.4 Å². The van der Waals surface area contributed by atoms with Crippen LogP contribution >= 0.6 is 0 Å². The smallest absolute Gasteiger partial charge is 0.203 e. The Morgan fingerprint density at radius 3 is 2.81 bits per heavy atom. The third-order valence-corrected chi connectivity index (χ3v) is 7.13. The molecule has 7 rings (SSSR count). The molecule has 1 N–H and O–H groups in total. The normalized spacial score (nSPS) is 21.1. The molecule has 3 aliphatic rings. The number of hydrogen-bond donors (Lipinski definition) is 1. The molecule has 7 nitrogen and oxygen atoms in total. The molecule has 32 heavy (non-hydrogen) atoms. The number of rotatable bonds is 2. The molecule has 3 aliphatic heterocycles. The second kappa shape index (κ2) is 6.74. The van der Waals surface area contributed by atoms with Crippen molar-refractivity contribution in [3.8, 4) is 28.3 Å². The van der Waals surface area contributed by atoms with Gasteiger partial charge in [0.15, 0.2) is 0 Å². The Kier molecular flexibility index (Phi) is 3.81. The molecule has 2 aromatic carbocycles. The van der Waals surface area contributed by atoms with E-state index in [2.05, 4.69) is 60.8 Å². The summed E-state index contributed by atoms with van der Waals surface area (Å²) < 4.78 is 17.4. The highest BCUT2D eigenvalue weighted by molar-refractivity contribution is 5.71. The first-order valence-corrected chi connectivity index (χ1v) is 11.1. The number of nitrogens with zero attached hydrogens (tertiary/aromatic N) is 6. The Hall–Kier alpha value is -3.52. The van der Waals surface area contributed by atoms with Crippen LogP contribution in [0.4, 0.5) is 10.1 Å². The molecule has 0 spiro atoms. The zero-order valence-electron chi connectivity index (χ0n) is 17.4. The average molecular weight is 427 g/mol. The first-order valence-electron chi connectivity index (χ1n) is 11.1. The summed E-state index contributed by atoms with van der Waals surface area (Å²) >= 11 is 0. The van der Waals surface area contributed by atoms with Crippen molar-refractivity contribution >= 4 is 5.69 Å². The third-order valence-electron chi connectivity index (χ3n) is 7.13. The number of halogens is 1. The zero-order chi connectivity index (χ0) is 21.2. The number of fused-ring (bicyclic) bond motifs is 6. The summed E-state index contributed by atoms with van der Waals surface area (Å²) in [6.45, 7) is 2.90. The van der Waals surface area contributed by atoms with Crippen molar-refractivity contribution in [3.63, 3.8) is 0 Å². The van der Waals surface area contributed by atoms with Crippen molar-refractivity contribution in [1.29, 1.82) is 0 Å². The molecule has 0 saturated carbocycles. The van der Waals surface area contributed by atoms with E-state index in [1.54, 1.807) is 12.1 Å². The van der Waals surface area contributed by atoms with Crippen LogP contribution in [0.2, 0.25) is 0 Å². The van der Waals surface area contributed by atoms with Gasteiger partial charge in [-0.3, -0.25) is 0 Å². The molecule has 0 amide bonds. The summed E-state index contributed by atoms with van der Waals surface area (Å²) in [5.74, 6) is 0.479. The summed E-state index contributed by atoms with van der Waals surface area (Å²) in [5.41, 5.74) is 6.41. The second-order valence-corrected chi connectivity index (χ2v) is 8.87. The quantitative estimate of drug-likeness (QED) is 0.469. The van der Waals surface area contributed by atoms with Crippen LogP contribution in [0.15, 0.2) is 54.7 Å². The van der Waals surface area contributed by atoms with Crippen LogP contribution < -0.4 is 10.2 Å². The lowest BCUT2D eigenvalue weighted by atomic mass is 10.1. The van der Waals surface area contributed by atoms with E-state index < -0.39 is 0 Å². The molecule has 0 radical (unpaired) electrons. The maximum Gasteiger partial charge on any atom is 0.203 e. The maximum absolute atomic E-state index is 13.4. The second-order valence-electron chi connectivity index (χ2n) is 8.87. The Bertz CT molecular complexity index is 1320. The van der Waals surface area contributed by atoms with Crippen LogP contribution in [-0.4, -0.2) is 49.9 Å². The molecule has 2 saturated heterocycles. The van der Waals surface area contributed by atoms with Gasteiger partial charge in [-0.2, -0.15) is 4.68 Å². The molecule has 2 fully saturated rings. The number of nitrogens with one attached hydrogen (secondary N) is 1. The lowest BCUT2D eigenvalue weighted by Crippen LogP contribution is -2.34. The summed E-state index contributed by atoms with van der Waals surface area (Å²) in [5, 5.41) is 16.2. The Morgan fingerprint density at radius 2 is 1.91 bits per heavy atom. The molecule has 8 heteroatoms. The van der Waals surface area contributed by atoms with E-state index in [1.165, 1.54) is 36.2 Å². The average Bonchev–Trinajstić information content (AvgIpc) is 3.57. The standard InChI is InChI=1S/C24H22FN7/c25-18-3-1-15(2-4-18)16-12-23-24-27-28-29-32(24)21-6-5-19(11-17(21)14-30(23)13-16)31-10-8-20-22(31)7-9-26-20/h1-6,11-13,20,22,26H,7-10,14H2/t20-,22+/m1/s1. The van der Waals surface area contributed by atoms with E-state index in [0.717, 1.165) is 35.6 Å². The highest BCUT2D eigenvalue weighted by Gasteiger charge is 2.37. The van der Waals surface area contributed by atoms with Crippen molar-refractivity contribution in [1.82, 2.24) is 30.1 Å². The summed E-state index contributed by atoms with van der Waals surface area (Å²) in [4.78, 5) is 2.55. The highest BCUT2D eigenvalue weighted by Crippen LogP contribution is 2.36. The Morgan fingerprint density at radius 1 is 1.00 bits per heavy atom. The fraction of sp³-hybridized carbons (Fsp3) is 0.292. The van der Waals surface area contributed by atoms with Gasteiger partial charge < -0.3 is 14.8 Å². The van der Waals surface area contributed by atoms with E-state index >= 15 is 0 Å². The van der Waals surface area contributed by atoms with Gasteiger partial charge in [0, 0.05) is 42.6 Å². The molecular weight excluding hydrogens is 405 g/mol. The molecule has 4 aromatic rings. The van der Waals surface area contributed by atoms with Gasteiger partial charge in [0.1, 0.15) is 5.82 Å². The van der Waals surface area contributed by atoms with Crippen LogP contribution in [0, 0.1) is 5.82 Å². The van der Waals surface area contributed by atoms with Crippen LogP contribution in [-0.2, 0) is 6.54 Å². The van der Waals surface area contributed by atoms with Crippen LogP contribution in [0.25, 0.3) is 28.3 Å². The van der Waals surface area contributed by atoms with Crippen molar-refractivity contribution in [3.05, 3.63) is 66.1 Å². The van der Waals surface area contributed by atoms with Gasteiger partial charge in [0.2, 0.25) is 5.82 Å². The maximum atomic E-state index is 13.4. The third kappa shape index (κ3) is 2.65. The Labute approximate surface area is 184 Å². The topological polar surface area (TPSA) is 63.8 Å². The molecule has 5 heterocycles. The largest absolute Gasteiger partial charge is 0.367 e. The molecule has 0 bridgehead atoms. The number of anilines is 1. The molecule has 0 unspecified atom stereocenters. The first-order chi connectivity index (χ1) is 15.7. The van der Waals surface area contributed by atoms with E-state index in [4.69, 9.17) is 0 Å². The number of hydrogen-bond acceptors (Lipinski definition) is 5. The lowest BCUT2D eigenvalue weighted by Gasteiger charge is -2.26. The monoisotopic (exact) mass is 427 g/mol. The fourth-order valence-electron chi connectivity index (χ4n) is 5.59. The number of benzene rings is 2. The van der Waals surface area contributed by atoms with Crippen molar-refractivity contribution in [2.45, 2.75) is 31.5 Å². The van der Waals surface area contributed by atoms with E-state index in [9.17, 15) is 4.39 Å². The first kappa shape index (κ1) is 18.1. The minimum Gasteiger partial charge on any atom is -0.367 e. The molecule has 160 valence electrons. The SMILES string of the molecule is Fc1ccc(-c2cc3n(c2)Cc2cc(N4CC[C@H]5NCC[C@@H]54)ccc2-n2nnnc2-3)cc1. The van der Waals surface area contributed by atoms with Gasteiger partial charge in [-0.05, 0) is 77.3 Å². The summed E-state index contributed by atoms with van der Waals surface area (Å²) in [6, 6.07) is 16.5. The van der Waals surface area contributed by atoms with E-state index in [-0.39, 0.29) is 5.82 Å². The highest BCUT2D eigenvalue weighted by atomic mass is 19.1. The molecule has 2 aromatic heterocycles. The summed E-state index contributed by atoms with van der Waals surface area (Å²) in [6.07, 6.45) is 4.50.